The van der Waals surface area contributed by atoms with E-state index in [-0.39, 0.29) is 36.2 Å². The van der Waals surface area contributed by atoms with Gasteiger partial charge in [0.25, 0.3) is 11.8 Å². The van der Waals surface area contributed by atoms with Crippen molar-refractivity contribution < 1.29 is 18.8 Å². The summed E-state index contributed by atoms with van der Waals surface area (Å²) < 4.78 is 7.32. The maximum atomic E-state index is 13.5. The molecule has 1 fully saturated rings. The standard InChI is InChI=1S/C28H33N5O4/c1-18-16-19(2)33(29-18)14-13-32-27(35)22-9-5-10-23(25(22)28(32)36)31-12-6-8-21(17-31)26(34)30(4)20(3)24-11-7-15-37-24/h5,7,9-11,15-16,20-21H,6,8,12-14,17H2,1-4H3/t20-,21+/m0/s1. The van der Waals surface area contributed by atoms with Crippen LogP contribution in [0.5, 0.6) is 0 Å². The van der Waals surface area contributed by atoms with E-state index in [0.717, 1.165) is 42.2 Å². The fourth-order valence-electron chi connectivity index (χ4n) is 5.47. The smallest absolute Gasteiger partial charge is 0.263 e. The first-order valence-electron chi connectivity index (χ1n) is 12.8. The second-order valence-corrected chi connectivity index (χ2v) is 10.0. The molecular weight excluding hydrogens is 470 g/mol. The number of aromatic nitrogens is 2. The molecule has 3 aromatic rings. The van der Waals surface area contributed by atoms with Gasteiger partial charge in [0.05, 0.1) is 47.3 Å². The molecule has 2 atom stereocenters. The van der Waals surface area contributed by atoms with Crippen LogP contribution in [0.1, 0.15) is 63.7 Å². The SMILES string of the molecule is Cc1cc(C)n(CCN2C(=O)c3cccc(N4CCC[C@@H](C(=O)N(C)[C@@H](C)c5ccco5)C4)c3C2=O)n1. The predicted octanol–water partition coefficient (Wildman–Crippen LogP) is 3.83. The molecule has 0 bridgehead atoms. The van der Waals surface area contributed by atoms with Crippen LogP contribution < -0.4 is 4.90 Å². The molecular formula is C28H33N5O4. The van der Waals surface area contributed by atoms with Crippen LogP contribution in [0.25, 0.3) is 0 Å². The van der Waals surface area contributed by atoms with Crippen molar-refractivity contribution >= 4 is 23.4 Å². The number of anilines is 1. The van der Waals surface area contributed by atoms with Crippen molar-refractivity contribution in [1.29, 1.82) is 0 Å². The maximum Gasteiger partial charge on any atom is 0.263 e. The highest BCUT2D eigenvalue weighted by Gasteiger charge is 2.39. The molecule has 0 spiro atoms. The number of benzene rings is 1. The van der Waals surface area contributed by atoms with E-state index in [2.05, 4.69) is 10.00 Å². The number of amides is 3. The molecule has 0 unspecified atom stereocenters. The molecule has 0 aliphatic carbocycles. The zero-order valence-corrected chi connectivity index (χ0v) is 21.8. The predicted molar refractivity (Wildman–Crippen MR) is 138 cm³/mol. The van der Waals surface area contributed by atoms with Gasteiger partial charge in [-0.05, 0) is 63.9 Å². The average molecular weight is 504 g/mol. The lowest BCUT2D eigenvalue weighted by Crippen LogP contribution is -2.44. The van der Waals surface area contributed by atoms with Crippen molar-refractivity contribution in [3.8, 4) is 0 Å². The van der Waals surface area contributed by atoms with Crippen LogP contribution in [0.15, 0.2) is 47.1 Å². The molecule has 194 valence electrons. The topological polar surface area (TPSA) is 91.9 Å². The molecule has 0 N–H and O–H groups in total. The Hall–Kier alpha value is -3.88. The van der Waals surface area contributed by atoms with Crippen molar-refractivity contribution in [2.75, 3.05) is 31.6 Å². The summed E-state index contributed by atoms with van der Waals surface area (Å²) in [6, 6.07) is 10.9. The Kier molecular flexibility index (Phi) is 6.62. The van der Waals surface area contributed by atoms with Gasteiger partial charge in [-0.3, -0.25) is 24.0 Å². The molecule has 37 heavy (non-hydrogen) atoms. The van der Waals surface area contributed by atoms with E-state index in [1.165, 1.54) is 4.90 Å². The van der Waals surface area contributed by atoms with Gasteiger partial charge in [-0.2, -0.15) is 5.10 Å². The summed E-state index contributed by atoms with van der Waals surface area (Å²) in [5, 5.41) is 4.45. The molecule has 4 heterocycles. The summed E-state index contributed by atoms with van der Waals surface area (Å²) in [5.74, 6) is 0.0275. The van der Waals surface area contributed by atoms with Crippen LogP contribution in [0.3, 0.4) is 0 Å². The lowest BCUT2D eigenvalue weighted by molar-refractivity contribution is -0.136. The van der Waals surface area contributed by atoms with Crippen LogP contribution in [0.4, 0.5) is 5.69 Å². The molecule has 2 aliphatic heterocycles. The zero-order valence-electron chi connectivity index (χ0n) is 21.8. The normalized spacial score (nSPS) is 18.3. The van der Waals surface area contributed by atoms with Crippen molar-refractivity contribution in [3.63, 3.8) is 0 Å². The molecule has 9 nitrogen and oxygen atoms in total. The van der Waals surface area contributed by atoms with Crippen LogP contribution in [-0.2, 0) is 11.3 Å². The number of rotatable bonds is 7. The Morgan fingerprint density at radius 3 is 2.68 bits per heavy atom. The highest BCUT2D eigenvalue weighted by atomic mass is 16.3. The number of imide groups is 1. The maximum absolute atomic E-state index is 13.5. The van der Waals surface area contributed by atoms with Crippen molar-refractivity contribution in [3.05, 3.63) is 70.9 Å². The summed E-state index contributed by atoms with van der Waals surface area (Å²) in [7, 11) is 1.80. The van der Waals surface area contributed by atoms with Crippen LogP contribution in [-0.4, -0.2) is 64.0 Å². The van der Waals surface area contributed by atoms with Crippen molar-refractivity contribution in [2.45, 2.75) is 46.2 Å². The first kappa shape index (κ1) is 24.8. The van der Waals surface area contributed by atoms with Gasteiger partial charge in [0.2, 0.25) is 5.91 Å². The van der Waals surface area contributed by atoms with E-state index >= 15 is 0 Å². The minimum Gasteiger partial charge on any atom is -0.467 e. The van der Waals surface area contributed by atoms with Gasteiger partial charge in [-0.25, -0.2) is 0 Å². The molecule has 0 radical (unpaired) electrons. The van der Waals surface area contributed by atoms with E-state index in [0.29, 0.717) is 24.2 Å². The Bertz CT molecular complexity index is 1330. The fraction of sp³-hybridized carbons (Fsp3) is 0.429. The second kappa shape index (κ2) is 9.88. The van der Waals surface area contributed by atoms with Crippen LogP contribution in [0.2, 0.25) is 0 Å². The average Bonchev–Trinajstić information content (AvgIpc) is 3.61. The highest BCUT2D eigenvalue weighted by Crippen LogP contribution is 2.35. The summed E-state index contributed by atoms with van der Waals surface area (Å²) in [6.45, 7) is 7.76. The fourth-order valence-corrected chi connectivity index (χ4v) is 5.47. The van der Waals surface area contributed by atoms with Crippen LogP contribution in [0, 0.1) is 19.8 Å². The number of nitrogens with zero attached hydrogens (tertiary/aromatic N) is 5. The van der Waals surface area contributed by atoms with Gasteiger partial charge in [0, 0.05) is 32.4 Å². The van der Waals surface area contributed by atoms with Gasteiger partial charge in [-0.15, -0.1) is 0 Å². The number of aryl methyl sites for hydroxylation is 2. The molecule has 5 rings (SSSR count). The van der Waals surface area contributed by atoms with Gasteiger partial charge < -0.3 is 14.2 Å². The Morgan fingerprint density at radius 2 is 1.97 bits per heavy atom. The van der Waals surface area contributed by atoms with E-state index in [1.807, 2.05) is 55.8 Å². The van der Waals surface area contributed by atoms with Crippen LogP contribution >= 0.6 is 0 Å². The lowest BCUT2D eigenvalue weighted by atomic mass is 9.94. The monoisotopic (exact) mass is 503 g/mol. The zero-order chi connectivity index (χ0) is 26.3. The number of hydrogen-bond donors (Lipinski definition) is 0. The number of carbonyl (C=O) groups excluding carboxylic acids is 3. The third-order valence-electron chi connectivity index (χ3n) is 7.61. The molecule has 2 aromatic heterocycles. The highest BCUT2D eigenvalue weighted by molar-refractivity contribution is 6.23. The largest absolute Gasteiger partial charge is 0.467 e. The first-order valence-corrected chi connectivity index (χ1v) is 12.8. The van der Waals surface area contributed by atoms with E-state index in [1.54, 1.807) is 24.3 Å². The molecule has 9 heteroatoms. The summed E-state index contributed by atoms with van der Waals surface area (Å²) in [6.07, 6.45) is 3.22. The minimum atomic E-state index is -0.283. The molecule has 1 aromatic carbocycles. The lowest BCUT2D eigenvalue weighted by Gasteiger charge is -2.37. The third kappa shape index (κ3) is 4.54. The summed E-state index contributed by atoms with van der Waals surface area (Å²) >= 11 is 0. The number of fused-ring (bicyclic) bond motifs is 1. The first-order chi connectivity index (χ1) is 17.8. The number of furan rings is 1. The van der Waals surface area contributed by atoms with Gasteiger partial charge in [0.1, 0.15) is 5.76 Å². The minimum absolute atomic E-state index is 0.0510. The summed E-state index contributed by atoms with van der Waals surface area (Å²) in [5.41, 5.74) is 3.48. The number of carbonyl (C=O) groups is 3. The van der Waals surface area contributed by atoms with E-state index < -0.39 is 0 Å². The van der Waals surface area contributed by atoms with E-state index in [4.69, 9.17) is 4.42 Å². The van der Waals surface area contributed by atoms with Crippen molar-refractivity contribution in [2.24, 2.45) is 5.92 Å². The van der Waals surface area contributed by atoms with Gasteiger partial charge in [-0.1, -0.05) is 6.07 Å². The Morgan fingerprint density at radius 1 is 1.16 bits per heavy atom. The molecule has 2 aliphatic rings. The summed E-state index contributed by atoms with van der Waals surface area (Å²) in [4.78, 5) is 45.2. The van der Waals surface area contributed by atoms with Gasteiger partial charge >= 0.3 is 0 Å². The quantitative estimate of drug-likeness (QED) is 0.455. The Labute approximate surface area is 216 Å². The molecule has 1 saturated heterocycles. The van der Waals surface area contributed by atoms with Crippen molar-refractivity contribution in [1.82, 2.24) is 19.6 Å². The molecule has 3 amide bonds. The number of hydrogen-bond acceptors (Lipinski definition) is 6. The van der Waals surface area contributed by atoms with Gasteiger partial charge in [0.15, 0.2) is 0 Å². The van der Waals surface area contributed by atoms with E-state index in [9.17, 15) is 14.4 Å². The second-order valence-electron chi connectivity index (χ2n) is 10.0. The Balaban J connectivity index is 1.32. The molecule has 0 saturated carbocycles. The third-order valence-corrected chi connectivity index (χ3v) is 7.61. The number of piperidine rings is 1.